The highest BCUT2D eigenvalue weighted by Crippen LogP contribution is 2.21. The molecule has 146 valence electrons. The molecule has 3 aromatic rings. The number of nitrogens with zero attached hydrogens (tertiary/aromatic N) is 3. The topological polar surface area (TPSA) is 81.1 Å². The van der Waals surface area contributed by atoms with Gasteiger partial charge in [0.25, 0.3) is 5.91 Å². The number of carbonyl (C=O) groups excluding carboxylic acids is 1. The Balaban J connectivity index is 1.70. The second kappa shape index (κ2) is 9.38. The molecule has 2 N–H and O–H groups in total. The van der Waals surface area contributed by atoms with Crippen molar-refractivity contribution in [1.82, 2.24) is 4.98 Å². The van der Waals surface area contributed by atoms with Crippen molar-refractivity contribution >= 4 is 28.7 Å². The number of nitrogens with one attached hydrogen (secondary N) is 2. The molecule has 6 heteroatoms. The van der Waals surface area contributed by atoms with Gasteiger partial charge in [-0.15, -0.1) is 0 Å². The van der Waals surface area contributed by atoms with Crippen molar-refractivity contribution in [3.05, 3.63) is 78.1 Å². The maximum Gasteiger partial charge on any atom is 0.257 e. The quantitative estimate of drug-likeness (QED) is 0.611. The zero-order chi connectivity index (χ0) is 20.6. The fraction of sp³-hybridized carbons (Fsp3) is 0.174. The summed E-state index contributed by atoms with van der Waals surface area (Å²) in [6.07, 6.45) is 3.18. The molecule has 0 aliphatic heterocycles. The third-order valence-corrected chi connectivity index (χ3v) is 4.53. The van der Waals surface area contributed by atoms with Crippen molar-refractivity contribution in [2.75, 3.05) is 28.6 Å². The SMILES string of the molecule is CCN(CC)c1ccc(Nc2cncc(C(=O)Nc3cccc(C#N)c3)c2)cc1. The molecule has 0 atom stereocenters. The molecule has 0 aliphatic carbocycles. The largest absolute Gasteiger partial charge is 0.372 e. The van der Waals surface area contributed by atoms with Gasteiger partial charge in [-0.2, -0.15) is 5.26 Å². The number of pyridine rings is 1. The van der Waals surface area contributed by atoms with Gasteiger partial charge >= 0.3 is 0 Å². The van der Waals surface area contributed by atoms with Crippen LogP contribution in [-0.2, 0) is 0 Å². The zero-order valence-electron chi connectivity index (χ0n) is 16.5. The molecule has 0 spiro atoms. The first kappa shape index (κ1) is 19.9. The average molecular weight is 385 g/mol. The van der Waals surface area contributed by atoms with E-state index in [4.69, 9.17) is 5.26 Å². The number of hydrogen-bond acceptors (Lipinski definition) is 5. The smallest absolute Gasteiger partial charge is 0.257 e. The molecule has 29 heavy (non-hydrogen) atoms. The van der Waals surface area contributed by atoms with E-state index in [1.54, 1.807) is 36.5 Å². The Morgan fingerprint density at radius 1 is 1.00 bits per heavy atom. The Kier molecular flexibility index (Phi) is 6.43. The summed E-state index contributed by atoms with van der Waals surface area (Å²) >= 11 is 0. The van der Waals surface area contributed by atoms with Crippen LogP contribution in [0.15, 0.2) is 67.0 Å². The van der Waals surface area contributed by atoms with E-state index >= 15 is 0 Å². The predicted octanol–water partition coefficient (Wildman–Crippen LogP) is 4.80. The van der Waals surface area contributed by atoms with Crippen LogP contribution in [0.3, 0.4) is 0 Å². The van der Waals surface area contributed by atoms with Crippen LogP contribution in [0.4, 0.5) is 22.7 Å². The van der Waals surface area contributed by atoms with E-state index in [2.05, 4.69) is 52.6 Å². The van der Waals surface area contributed by atoms with Crippen LogP contribution in [0.5, 0.6) is 0 Å². The number of rotatable bonds is 7. The molecular weight excluding hydrogens is 362 g/mol. The van der Waals surface area contributed by atoms with Crippen LogP contribution in [0.2, 0.25) is 0 Å². The summed E-state index contributed by atoms with van der Waals surface area (Å²) in [6.45, 7) is 6.19. The standard InChI is InChI=1S/C23H23N5O/c1-3-28(4-2)22-10-8-19(9-11-22)26-21-13-18(15-25-16-21)23(29)27-20-7-5-6-17(12-20)14-24/h5-13,15-16,26H,3-4H2,1-2H3,(H,27,29). The van der Waals surface area contributed by atoms with Crippen LogP contribution >= 0.6 is 0 Å². The number of hydrogen-bond donors (Lipinski definition) is 2. The summed E-state index contributed by atoms with van der Waals surface area (Å²) < 4.78 is 0. The van der Waals surface area contributed by atoms with Gasteiger partial charge in [-0.3, -0.25) is 9.78 Å². The van der Waals surface area contributed by atoms with Gasteiger partial charge in [0.2, 0.25) is 0 Å². The number of benzene rings is 2. The number of nitriles is 1. The highest BCUT2D eigenvalue weighted by atomic mass is 16.1. The lowest BCUT2D eigenvalue weighted by molar-refractivity contribution is 0.102. The Labute approximate surface area is 170 Å². The molecule has 1 aromatic heterocycles. The highest BCUT2D eigenvalue weighted by Gasteiger charge is 2.09. The Hall–Kier alpha value is -3.85. The Bertz CT molecular complexity index is 1020. The van der Waals surface area contributed by atoms with Gasteiger partial charge < -0.3 is 15.5 Å². The molecule has 0 bridgehead atoms. The second-order valence-corrected chi connectivity index (χ2v) is 6.45. The molecule has 1 heterocycles. The summed E-state index contributed by atoms with van der Waals surface area (Å²) in [7, 11) is 0. The molecule has 2 aromatic carbocycles. The Morgan fingerprint density at radius 2 is 1.76 bits per heavy atom. The van der Waals surface area contributed by atoms with Crippen molar-refractivity contribution in [3.8, 4) is 6.07 Å². The van der Waals surface area contributed by atoms with E-state index in [0.29, 0.717) is 16.8 Å². The lowest BCUT2D eigenvalue weighted by Gasteiger charge is -2.21. The van der Waals surface area contributed by atoms with Crippen LogP contribution in [0.1, 0.15) is 29.8 Å². The highest BCUT2D eigenvalue weighted by molar-refractivity contribution is 6.04. The van der Waals surface area contributed by atoms with Gasteiger partial charge in [-0.25, -0.2) is 0 Å². The van der Waals surface area contributed by atoms with Gasteiger partial charge in [-0.1, -0.05) is 6.07 Å². The molecular formula is C23H23N5O. The van der Waals surface area contributed by atoms with Crippen molar-refractivity contribution < 1.29 is 4.79 Å². The van der Waals surface area contributed by atoms with Crippen LogP contribution in [0, 0.1) is 11.3 Å². The lowest BCUT2D eigenvalue weighted by Crippen LogP contribution is -2.21. The summed E-state index contributed by atoms with van der Waals surface area (Å²) in [4.78, 5) is 19.0. The van der Waals surface area contributed by atoms with Crippen molar-refractivity contribution in [1.29, 1.82) is 5.26 Å². The molecule has 3 rings (SSSR count). The summed E-state index contributed by atoms with van der Waals surface area (Å²) in [6, 6.07) is 18.7. The minimum atomic E-state index is -0.284. The minimum absolute atomic E-state index is 0.284. The van der Waals surface area contributed by atoms with Crippen molar-refractivity contribution in [3.63, 3.8) is 0 Å². The van der Waals surface area contributed by atoms with Gasteiger partial charge in [0.05, 0.1) is 29.1 Å². The summed E-state index contributed by atoms with van der Waals surface area (Å²) in [5.41, 5.74) is 4.30. The first-order chi connectivity index (χ1) is 14.1. The normalized spacial score (nSPS) is 10.1. The molecule has 0 saturated carbocycles. The van der Waals surface area contributed by atoms with Crippen LogP contribution in [-0.4, -0.2) is 24.0 Å². The second-order valence-electron chi connectivity index (χ2n) is 6.45. The predicted molar refractivity (Wildman–Crippen MR) is 117 cm³/mol. The first-order valence-corrected chi connectivity index (χ1v) is 9.51. The third-order valence-electron chi connectivity index (χ3n) is 4.53. The molecule has 0 fully saturated rings. The summed E-state index contributed by atoms with van der Waals surface area (Å²) in [5.74, 6) is -0.284. The van der Waals surface area contributed by atoms with E-state index in [9.17, 15) is 4.79 Å². The Morgan fingerprint density at radius 3 is 2.45 bits per heavy atom. The van der Waals surface area contributed by atoms with E-state index in [1.165, 1.54) is 11.9 Å². The lowest BCUT2D eigenvalue weighted by atomic mass is 10.2. The van der Waals surface area contributed by atoms with Crippen LogP contribution < -0.4 is 15.5 Å². The number of amides is 1. The number of carbonyl (C=O) groups is 1. The van der Waals surface area contributed by atoms with E-state index in [-0.39, 0.29) is 5.91 Å². The van der Waals surface area contributed by atoms with Gasteiger partial charge in [0, 0.05) is 36.3 Å². The van der Waals surface area contributed by atoms with E-state index < -0.39 is 0 Å². The average Bonchev–Trinajstić information content (AvgIpc) is 2.76. The van der Waals surface area contributed by atoms with Crippen LogP contribution in [0.25, 0.3) is 0 Å². The molecule has 1 amide bonds. The van der Waals surface area contributed by atoms with Crippen molar-refractivity contribution in [2.45, 2.75) is 13.8 Å². The zero-order valence-corrected chi connectivity index (χ0v) is 16.5. The fourth-order valence-electron chi connectivity index (χ4n) is 3.01. The molecule has 0 unspecified atom stereocenters. The first-order valence-electron chi connectivity index (χ1n) is 9.51. The van der Waals surface area contributed by atoms with Gasteiger partial charge in [-0.05, 0) is 62.4 Å². The van der Waals surface area contributed by atoms with E-state index in [1.807, 2.05) is 12.1 Å². The fourth-order valence-corrected chi connectivity index (χ4v) is 3.01. The third kappa shape index (κ3) is 5.11. The van der Waals surface area contributed by atoms with Gasteiger partial charge in [0.1, 0.15) is 0 Å². The number of anilines is 4. The monoisotopic (exact) mass is 385 g/mol. The minimum Gasteiger partial charge on any atom is -0.372 e. The molecule has 0 aliphatic rings. The maximum atomic E-state index is 12.5. The molecule has 0 radical (unpaired) electrons. The number of aromatic nitrogens is 1. The van der Waals surface area contributed by atoms with Gasteiger partial charge in [0.15, 0.2) is 0 Å². The maximum absolute atomic E-state index is 12.5. The van der Waals surface area contributed by atoms with Crippen molar-refractivity contribution in [2.24, 2.45) is 0 Å². The summed E-state index contributed by atoms with van der Waals surface area (Å²) in [5, 5.41) is 15.1. The molecule has 0 saturated heterocycles. The molecule has 6 nitrogen and oxygen atoms in total. The van der Waals surface area contributed by atoms with E-state index in [0.717, 1.165) is 24.5 Å².